The van der Waals surface area contributed by atoms with Gasteiger partial charge in [-0.3, -0.25) is 4.68 Å². The Kier molecular flexibility index (Phi) is 2.05. The monoisotopic (exact) mass is 193 g/mol. The Bertz CT molecular complexity index is 430. The molecule has 2 aromatic rings. The van der Waals surface area contributed by atoms with Crippen LogP contribution in [-0.2, 0) is 7.05 Å². The Hall–Kier alpha value is -1.69. The predicted molar refractivity (Wildman–Crippen MR) is 49.1 cm³/mol. The van der Waals surface area contributed by atoms with Crippen LogP contribution in [0.5, 0.6) is 0 Å². The number of nitrogens with two attached hydrogens (primary N) is 1. The number of aromatic nitrogens is 4. The van der Waals surface area contributed by atoms with Gasteiger partial charge in [0.05, 0.1) is 6.04 Å². The molecule has 2 heterocycles. The van der Waals surface area contributed by atoms with Crippen molar-refractivity contribution in [3.8, 4) is 11.5 Å². The number of hydrogen-bond donors (Lipinski definition) is 1. The molecule has 0 aliphatic carbocycles. The van der Waals surface area contributed by atoms with Gasteiger partial charge in [0, 0.05) is 13.2 Å². The van der Waals surface area contributed by atoms with Crippen molar-refractivity contribution in [1.29, 1.82) is 0 Å². The number of aryl methyl sites for hydroxylation is 1. The van der Waals surface area contributed by atoms with Crippen molar-refractivity contribution in [2.24, 2.45) is 12.8 Å². The topological polar surface area (TPSA) is 82.8 Å². The molecule has 0 spiro atoms. The summed E-state index contributed by atoms with van der Waals surface area (Å²) in [6, 6.07) is 1.57. The first-order valence-corrected chi connectivity index (χ1v) is 4.26. The summed E-state index contributed by atoms with van der Waals surface area (Å²) >= 11 is 0. The minimum absolute atomic E-state index is 0.250. The Balaban J connectivity index is 2.33. The highest BCUT2D eigenvalue weighted by Crippen LogP contribution is 2.14. The van der Waals surface area contributed by atoms with Gasteiger partial charge >= 0.3 is 0 Å². The van der Waals surface area contributed by atoms with Crippen LogP contribution in [0.1, 0.15) is 18.9 Å². The molecule has 0 unspecified atom stereocenters. The first-order valence-electron chi connectivity index (χ1n) is 4.26. The van der Waals surface area contributed by atoms with E-state index in [-0.39, 0.29) is 6.04 Å². The Morgan fingerprint density at radius 2 is 2.36 bits per heavy atom. The third-order valence-electron chi connectivity index (χ3n) is 1.77. The van der Waals surface area contributed by atoms with Crippen molar-refractivity contribution in [1.82, 2.24) is 19.9 Å². The summed E-state index contributed by atoms with van der Waals surface area (Å²) < 4.78 is 6.63. The highest BCUT2D eigenvalue weighted by molar-refractivity contribution is 5.46. The summed E-state index contributed by atoms with van der Waals surface area (Å²) in [5, 5.41) is 7.92. The number of hydrogen-bond acceptors (Lipinski definition) is 5. The second-order valence-corrected chi connectivity index (χ2v) is 3.12. The van der Waals surface area contributed by atoms with E-state index in [1.807, 2.05) is 19.3 Å². The molecule has 0 fully saturated rings. The van der Waals surface area contributed by atoms with Gasteiger partial charge in [0.2, 0.25) is 11.7 Å². The van der Waals surface area contributed by atoms with E-state index in [1.54, 1.807) is 11.6 Å². The van der Waals surface area contributed by atoms with Crippen LogP contribution in [0.4, 0.5) is 0 Å². The molecule has 0 aliphatic heterocycles. The molecule has 0 bridgehead atoms. The zero-order chi connectivity index (χ0) is 10.1. The van der Waals surface area contributed by atoms with Crippen LogP contribution in [0, 0.1) is 0 Å². The molecule has 1 atom stereocenters. The summed E-state index contributed by atoms with van der Waals surface area (Å²) in [6.07, 6.45) is 1.82. The van der Waals surface area contributed by atoms with Gasteiger partial charge in [-0.05, 0) is 13.0 Å². The van der Waals surface area contributed by atoms with Crippen molar-refractivity contribution in [2.75, 3.05) is 0 Å². The second kappa shape index (κ2) is 3.22. The molecule has 2 N–H and O–H groups in total. The van der Waals surface area contributed by atoms with E-state index in [1.165, 1.54) is 0 Å². The maximum atomic E-state index is 5.59. The maximum Gasteiger partial charge on any atom is 0.243 e. The van der Waals surface area contributed by atoms with Gasteiger partial charge in [0.25, 0.3) is 0 Å². The van der Waals surface area contributed by atoms with E-state index in [4.69, 9.17) is 10.3 Å². The van der Waals surface area contributed by atoms with Gasteiger partial charge in [0.15, 0.2) is 0 Å². The molecular formula is C8H11N5O. The van der Waals surface area contributed by atoms with Crippen molar-refractivity contribution in [3.05, 3.63) is 18.2 Å². The summed E-state index contributed by atoms with van der Waals surface area (Å²) in [4.78, 5) is 4.11. The highest BCUT2D eigenvalue weighted by atomic mass is 16.5. The average Bonchev–Trinajstić information content (AvgIpc) is 2.70. The molecule has 6 heteroatoms. The zero-order valence-electron chi connectivity index (χ0n) is 8.01. The van der Waals surface area contributed by atoms with Crippen LogP contribution in [0.3, 0.4) is 0 Å². The molecule has 0 aromatic carbocycles. The fraction of sp³-hybridized carbons (Fsp3) is 0.375. The summed E-state index contributed by atoms with van der Waals surface area (Å²) in [5.74, 6) is 0.892. The van der Waals surface area contributed by atoms with Crippen LogP contribution < -0.4 is 5.73 Å². The first-order chi connectivity index (χ1) is 6.66. The maximum absolute atomic E-state index is 5.59. The van der Waals surface area contributed by atoms with Gasteiger partial charge < -0.3 is 10.3 Å². The fourth-order valence-electron chi connectivity index (χ4n) is 1.06. The predicted octanol–water partition coefficient (Wildman–Crippen LogP) is 0.490. The standard InChI is InChI=1S/C8H11N5O/c1-5(9)8-10-7(12-14-8)6-3-4-13(2)11-6/h3-5H,9H2,1-2H3/t5-/m0/s1. The third kappa shape index (κ3) is 1.51. The normalized spacial score (nSPS) is 13.1. The molecule has 2 rings (SSSR count). The van der Waals surface area contributed by atoms with Crippen LogP contribution in [0.15, 0.2) is 16.8 Å². The van der Waals surface area contributed by atoms with Crippen molar-refractivity contribution < 1.29 is 4.52 Å². The van der Waals surface area contributed by atoms with Gasteiger partial charge in [-0.15, -0.1) is 0 Å². The van der Waals surface area contributed by atoms with Crippen LogP contribution in [-0.4, -0.2) is 19.9 Å². The molecule has 6 nitrogen and oxygen atoms in total. The van der Waals surface area contributed by atoms with Crippen LogP contribution >= 0.6 is 0 Å². The fourth-order valence-corrected chi connectivity index (χ4v) is 1.06. The first kappa shape index (κ1) is 8.89. The Morgan fingerprint density at radius 1 is 1.57 bits per heavy atom. The van der Waals surface area contributed by atoms with Crippen molar-refractivity contribution >= 4 is 0 Å². The van der Waals surface area contributed by atoms with Gasteiger partial charge in [-0.1, -0.05) is 5.16 Å². The lowest BCUT2D eigenvalue weighted by atomic mass is 10.3. The zero-order valence-corrected chi connectivity index (χ0v) is 8.01. The minimum Gasteiger partial charge on any atom is -0.337 e. The lowest BCUT2D eigenvalue weighted by Crippen LogP contribution is -2.04. The van der Waals surface area contributed by atoms with E-state index in [0.717, 1.165) is 0 Å². The average molecular weight is 193 g/mol. The minimum atomic E-state index is -0.250. The second-order valence-electron chi connectivity index (χ2n) is 3.12. The van der Waals surface area contributed by atoms with E-state index in [9.17, 15) is 0 Å². The molecule has 0 saturated heterocycles. The lowest BCUT2D eigenvalue weighted by molar-refractivity contribution is 0.362. The van der Waals surface area contributed by atoms with Crippen LogP contribution in [0.2, 0.25) is 0 Å². The quantitative estimate of drug-likeness (QED) is 0.750. The lowest BCUT2D eigenvalue weighted by Gasteiger charge is -1.92. The molecule has 74 valence electrons. The molecule has 0 radical (unpaired) electrons. The Morgan fingerprint density at radius 3 is 2.86 bits per heavy atom. The van der Waals surface area contributed by atoms with E-state index in [0.29, 0.717) is 17.4 Å². The summed E-state index contributed by atoms with van der Waals surface area (Å²) in [5.41, 5.74) is 6.27. The molecule has 0 aliphatic rings. The summed E-state index contributed by atoms with van der Waals surface area (Å²) in [6.45, 7) is 1.79. The molecule has 0 saturated carbocycles. The van der Waals surface area contributed by atoms with Gasteiger partial charge in [0.1, 0.15) is 5.69 Å². The van der Waals surface area contributed by atoms with E-state index in [2.05, 4.69) is 15.2 Å². The third-order valence-corrected chi connectivity index (χ3v) is 1.77. The summed E-state index contributed by atoms with van der Waals surface area (Å²) in [7, 11) is 1.83. The largest absolute Gasteiger partial charge is 0.337 e. The van der Waals surface area contributed by atoms with E-state index >= 15 is 0 Å². The SMILES string of the molecule is C[C@H](N)c1nc(-c2ccn(C)n2)no1. The Labute approximate surface area is 80.7 Å². The van der Waals surface area contributed by atoms with Crippen LogP contribution in [0.25, 0.3) is 11.5 Å². The van der Waals surface area contributed by atoms with Gasteiger partial charge in [-0.25, -0.2) is 0 Å². The highest BCUT2D eigenvalue weighted by Gasteiger charge is 2.12. The molecule has 0 amide bonds. The van der Waals surface area contributed by atoms with E-state index < -0.39 is 0 Å². The molecular weight excluding hydrogens is 182 g/mol. The molecule has 2 aromatic heterocycles. The van der Waals surface area contributed by atoms with Crippen molar-refractivity contribution in [3.63, 3.8) is 0 Å². The molecule has 14 heavy (non-hydrogen) atoms. The van der Waals surface area contributed by atoms with Crippen molar-refractivity contribution in [2.45, 2.75) is 13.0 Å². The number of nitrogens with zero attached hydrogens (tertiary/aromatic N) is 4. The smallest absolute Gasteiger partial charge is 0.243 e. The number of rotatable bonds is 2. The van der Waals surface area contributed by atoms with Gasteiger partial charge in [-0.2, -0.15) is 10.1 Å².